The van der Waals surface area contributed by atoms with E-state index in [2.05, 4.69) is 34.2 Å². The SMILES string of the molecule is Cc1sc(CNc2ccc(S(C)(=O)=O)cc2)cc1Br. The fraction of sp³-hybridized carbons (Fsp3) is 0.231. The van der Waals surface area contributed by atoms with Gasteiger partial charge in [-0.3, -0.25) is 0 Å². The second-order valence-electron chi connectivity index (χ2n) is 4.27. The Hall–Kier alpha value is -0.850. The van der Waals surface area contributed by atoms with Gasteiger partial charge >= 0.3 is 0 Å². The van der Waals surface area contributed by atoms with Gasteiger partial charge in [0.2, 0.25) is 0 Å². The van der Waals surface area contributed by atoms with Crippen LogP contribution in [-0.4, -0.2) is 14.7 Å². The molecule has 6 heteroatoms. The van der Waals surface area contributed by atoms with E-state index in [4.69, 9.17) is 0 Å². The molecule has 0 spiro atoms. The molecule has 1 aromatic carbocycles. The molecule has 0 aliphatic heterocycles. The number of sulfone groups is 1. The molecule has 19 heavy (non-hydrogen) atoms. The van der Waals surface area contributed by atoms with E-state index >= 15 is 0 Å². The Bertz CT molecular complexity index is 656. The summed E-state index contributed by atoms with van der Waals surface area (Å²) in [5.41, 5.74) is 0.912. The molecule has 1 heterocycles. The summed E-state index contributed by atoms with van der Waals surface area (Å²) in [5.74, 6) is 0. The molecular weight excluding hydrogens is 346 g/mol. The maximum absolute atomic E-state index is 11.3. The number of anilines is 1. The van der Waals surface area contributed by atoms with Gasteiger partial charge in [-0.2, -0.15) is 0 Å². The van der Waals surface area contributed by atoms with Crippen molar-refractivity contribution >= 4 is 42.8 Å². The monoisotopic (exact) mass is 359 g/mol. The molecule has 0 aliphatic rings. The third kappa shape index (κ3) is 3.81. The summed E-state index contributed by atoms with van der Waals surface area (Å²) in [6.45, 7) is 2.80. The van der Waals surface area contributed by atoms with Crippen molar-refractivity contribution in [3.8, 4) is 0 Å². The number of hydrogen-bond acceptors (Lipinski definition) is 4. The van der Waals surface area contributed by atoms with E-state index < -0.39 is 9.84 Å². The lowest BCUT2D eigenvalue weighted by molar-refractivity contribution is 0.602. The van der Waals surface area contributed by atoms with Crippen LogP contribution in [0.2, 0.25) is 0 Å². The minimum Gasteiger partial charge on any atom is -0.380 e. The van der Waals surface area contributed by atoms with Crippen LogP contribution in [0.3, 0.4) is 0 Å². The maximum Gasteiger partial charge on any atom is 0.175 e. The standard InChI is InChI=1S/C13H14BrNO2S2/c1-9-13(14)7-11(18-9)8-15-10-3-5-12(6-4-10)19(2,16)17/h3-7,15H,8H2,1-2H3. The van der Waals surface area contributed by atoms with E-state index in [-0.39, 0.29) is 0 Å². The maximum atomic E-state index is 11.3. The zero-order chi connectivity index (χ0) is 14.0. The first-order chi connectivity index (χ1) is 8.86. The van der Waals surface area contributed by atoms with Gasteiger partial charge in [0.05, 0.1) is 4.90 Å². The van der Waals surface area contributed by atoms with Crippen LogP contribution in [0, 0.1) is 6.92 Å². The summed E-state index contributed by atoms with van der Waals surface area (Å²) < 4.78 is 23.8. The lowest BCUT2D eigenvalue weighted by atomic mass is 10.3. The number of halogens is 1. The average Bonchev–Trinajstić information content (AvgIpc) is 2.66. The molecule has 0 saturated carbocycles. The zero-order valence-electron chi connectivity index (χ0n) is 10.6. The van der Waals surface area contributed by atoms with E-state index in [1.54, 1.807) is 35.6 Å². The molecular formula is C13H14BrNO2S2. The molecule has 0 bridgehead atoms. The summed E-state index contributed by atoms with van der Waals surface area (Å²) in [7, 11) is -3.12. The highest BCUT2D eigenvalue weighted by atomic mass is 79.9. The summed E-state index contributed by atoms with van der Waals surface area (Å²) in [5, 5.41) is 3.27. The van der Waals surface area contributed by atoms with Gasteiger partial charge in [-0.05, 0) is 53.2 Å². The largest absolute Gasteiger partial charge is 0.380 e. The first-order valence-corrected chi connectivity index (χ1v) is 9.15. The number of aryl methyl sites for hydroxylation is 1. The quantitative estimate of drug-likeness (QED) is 0.901. The van der Waals surface area contributed by atoms with Gasteiger partial charge in [-0.25, -0.2) is 8.42 Å². The molecule has 0 aliphatic carbocycles. The molecule has 3 nitrogen and oxygen atoms in total. The Morgan fingerprint density at radius 2 is 1.89 bits per heavy atom. The van der Waals surface area contributed by atoms with E-state index in [1.807, 2.05) is 0 Å². The molecule has 0 saturated heterocycles. The van der Waals surface area contributed by atoms with E-state index in [1.165, 1.54) is 16.0 Å². The number of nitrogens with one attached hydrogen (secondary N) is 1. The number of thiophene rings is 1. The van der Waals surface area contributed by atoms with Crippen LogP contribution in [-0.2, 0) is 16.4 Å². The lowest BCUT2D eigenvalue weighted by Gasteiger charge is -2.05. The third-order valence-electron chi connectivity index (χ3n) is 2.66. The second-order valence-corrected chi connectivity index (χ2v) is 8.48. The van der Waals surface area contributed by atoms with Crippen molar-refractivity contribution in [3.63, 3.8) is 0 Å². The minimum atomic E-state index is -3.12. The van der Waals surface area contributed by atoms with Crippen molar-refractivity contribution in [1.29, 1.82) is 0 Å². The van der Waals surface area contributed by atoms with Crippen molar-refractivity contribution < 1.29 is 8.42 Å². The first kappa shape index (κ1) is 14.6. The number of rotatable bonds is 4. The van der Waals surface area contributed by atoms with Gasteiger partial charge in [0.1, 0.15) is 0 Å². The fourth-order valence-electron chi connectivity index (χ4n) is 1.61. The topological polar surface area (TPSA) is 46.2 Å². The predicted octanol–water partition coefficient (Wildman–Crippen LogP) is 3.83. The van der Waals surface area contributed by atoms with Crippen molar-refractivity contribution in [3.05, 3.63) is 44.6 Å². The molecule has 0 amide bonds. The highest BCUT2D eigenvalue weighted by Crippen LogP contribution is 2.27. The molecule has 2 rings (SSSR count). The molecule has 0 radical (unpaired) electrons. The van der Waals surface area contributed by atoms with Crippen molar-refractivity contribution in [1.82, 2.24) is 0 Å². The van der Waals surface area contributed by atoms with Crippen LogP contribution in [0.15, 0.2) is 39.7 Å². The van der Waals surface area contributed by atoms with Gasteiger partial charge < -0.3 is 5.32 Å². The third-order valence-corrected chi connectivity index (χ3v) is 5.92. The molecule has 0 unspecified atom stereocenters. The highest BCUT2D eigenvalue weighted by molar-refractivity contribution is 9.10. The van der Waals surface area contributed by atoms with Crippen molar-refractivity contribution in [2.45, 2.75) is 18.4 Å². The molecule has 0 atom stereocenters. The normalized spacial score (nSPS) is 11.5. The molecule has 2 aromatic rings. The second kappa shape index (κ2) is 5.64. The minimum absolute atomic E-state index is 0.341. The Balaban J connectivity index is 2.04. The van der Waals surface area contributed by atoms with Crippen LogP contribution in [0.4, 0.5) is 5.69 Å². The Morgan fingerprint density at radius 1 is 1.26 bits per heavy atom. The average molecular weight is 360 g/mol. The van der Waals surface area contributed by atoms with Crippen LogP contribution >= 0.6 is 27.3 Å². The Morgan fingerprint density at radius 3 is 2.37 bits per heavy atom. The van der Waals surface area contributed by atoms with Gasteiger partial charge in [-0.1, -0.05) is 0 Å². The van der Waals surface area contributed by atoms with E-state index in [0.29, 0.717) is 4.90 Å². The highest BCUT2D eigenvalue weighted by Gasteiger charge is 2.06. The summed E-state index contributed by atoms with van der Waals surface area (Å²) in [6, 6.07) is 8.90. The van der Waals surface area contributed by atoms with Crippen LogP contribution in [0.25, 0.3) is 0 Å². The number of hydrogen-bond donors (Lipinski definition) is 1. The van der Waals surface area contributed by atoms with Gasteiger partial charge in [0, 0.05) is 32.7 Å². The number of benzene rings is 1. The van der Waals surface area contributed by atoms with Crippen LogP contribution in [0.5, 0.6) is 0 Å². The Labute approximate surface area is 125 Å². The fourth-order valence-corrected chi connectivity index (χ4v) is 3.79. The lowest BCUT2D eigenvalue weighted by Crippen LogP contribution is -1.99. The van der Waals surface area contributed by atoms with Crippen LogP contribution in [0.1, 0.15) is 9.75 Å². The molecule has 1 aromatic heterocycles. The van der Waals surface area contributed by atoms with Crippen molar-refractivity contribution in [2.75, 3.05) is 11.6 Å². The molecule has 102 valence electrons. The Kier molecular flexibility index (Phi) is 4.32. The van der Waals surface area contributed by atoms with Gasteiger partial charge in [-0.15, -0.1) is 11.3 Å². The predicted molar refractivity (Wildman–Crippen MR) is 83.6 cm³/mol. The molecule has 0 fully saturated rings. The first-order valence-electron chi connectivity index (χ1n) is 5.65. The van der Waals surface area contributed by atoms with Gasteiger partial charge in [0.15, 0.2) is 9.84 Å². The van der Waals surface area contributed by atoms with E-state index in [0.717, 1.165) is 16.7 Å². The summed E-state index contributed by atoms with van der Waals surface area (Å²) in [6.07, 6.45) is 1.21. The van der Waals surface area contributed by atoms with Crippen LogP contribution < -0.4 is 5.32 Å². The molecule has 1 N–H and O–H groups in total. The smallest absolute Gasteiger partial charge is 0.175 e. The van der Waals surface area contributed by atoms with Crippen molar-refractivity contribution in [2.24, 2.45) is 0 Å². The van der Waals surface area contributed by atoms with E-state index in [9.17, 15) is 8.42 Å². The van der Waals surface area contributed by atoms with Gasteiger partial charge in [0.25, 0.3) is 0 Å². The zero-order valence-corrected chi connectivity index (χ0v) is 13.8. The summed E-state index contributed by atoms with van der Waals surface area (Å²) >= 11 is 5.23. The summed E-state index contributed by atoms with van der Waals surface area (Å²) in [4.78, 5) is 2.83.